The van der Waals surface area contributed by atoms with E-state index < -0.39 is 0 Å². The van der Waals surface area contributed by atoms with Crippen LogP contribution < -0.4 is 19.7 Å². The topological polar surface area (TPSA) is 60.0 Å². The number of carbonyl (C=O) groups is 1. The van der Waals surface area contributed by atoms with Crippen LogP contribution in [-0.4, -0.2) is 39.4 Å². The Labute approximate surface area is 188 Å². The van der Waals surface area contributed by atoms with E-state index in [1.54, 1.807) is 13.2 Å². The van der Waals surface area contributed by atoms with E-state index >= 15 is 0 Å². The van der Waals surface area contributed by atoms with Crippen molar-refractivity contribution in [3.05, 3.63) is 83.9 Å². The van der Waals surface area contributed by atoms with Gasteiger partial charge in [-0.3, -0.25) is 0 Å². The van der Waals surface area contributed by atoms with Gasteiger partial charge in [-0.1, -0.05) is 30.3 Å². The SMILES string of the molecule is COC(=O)c1cccc(N2CC(CN[C@H](C)c3cccc(OC)c3)Oc3ccccc32)c1. The zero-order chi connectivity index (χ0) is 22.5. The number of hydrogen-bond acceptors (Lipinski definition) is 6. The van der Waals surface area contributed by atoms with Crippen LogP contribution >= 0.6 is 0 Å². The van der Waals surface area contributed by atoms with Crippen LogP contribution in [0.5, 0.6) is 11.5 Å². The number of hydrogen-bond donors (Lipinski definition) is 1. The fourth-order valence-electron chi connectivity index (χ4n) is 3.90. The monoisotopic (exact) mass is 432 g/mol. The van der Waals surface area contributed by atoms with Crippen LogP contribution in [0.2, 0.25) is 0 Å². The first-order chi connectivity index (χ1) is 15.6. The summed E-state index contributed by atoms with van der Waals surface area (Å²) in [7, 11) is 3.07. The summed E-state index contributed by atoms with van der Waals surface area (Å²) in [5, 5.41) is 3.58. The molecule has 1 aliphatic rings. The van der Waals surface area contributed by atoms with Crippen molar-refractivity contribution in [3.8, 4) is 11.5 Å². The Morgan fingerprint density at radius 3 is 2.72 bits per heavy atom. The largest absolute Gasteiger partial charge is 0.497 e. The molecule has 3 aromatic rings. The zero-order valence-electron chi connectivity index (χ0n) is 18.6. The van der Waals surface area contributed by atoms with Gasteiger partial charge in [-0.2, -0.15) is 0 Å². The molecule has 6 heteroatoms. The van der Waals surface area contributed by atoms with Gasteiger partial charge >= 0.3 is 5.97 Å². The van der Waals surface area contributed by atoms with Gasteiger partial charge in [0.05, 0.1) is 32.0 Å². The maximum Gasteiger partial charge on any atom is 0.337 e. The lowest BCUT2D eigenvalue weighted by Crippen LogP contribution is -2.44. The van der Waals surface area contributed by atoms with Gasteiger partial charge < -0.3 is 24.4 Å². The maximum atomic E-state index is 12.0. The molecule has 0 saturated carbocycles. The van der Waals surface area contributed by atoms with E-state index in [1.165, 1.54) is 7.11 Å². The molecule has 0 bridgehead atoms. The summed E-state index contributed by atoms with van der Waals surface area (Å²) in [6.07, 6.45) is -0.0697. The zero-order valence-corrected chi connectivity index (χ0v) is 18.6. The number of anilines is 2. The number of carbonyl (C=O) groups excluding carboxylic acids is 1. The Balaban J connectivity index is 1.53. The van der Waals surface area contributed by atoms with Crippen molar-refractivity contribution in [2.45, 2.75) is 19.1 Å². The molecule has 32 heavy (non-hydrogen) atoms. The minimum atomic E-state index is -0.348. The molecule has 0 radical (unpaired) electrons. The number of nitrogens with zero attached hydrogens (tertiary/aromatic N) is 1. The fourth-order valence-corrected chi connectivity index (χ4v) is 3.90. The molecule has 0 saturated heterocycles. The number of rotatable bonds is 7. The molecule has 1 unspecified atom stereocenters. The Kier molecular flexibility index (Phi) is 6.61. The molecule has 1 N–H and O–H groups in total. The van der Waals surface area contributed by atoms with Crippen LogP contribution in [-0.2, 0) is 4.74 Å². The Morgan fingerprint density at radius 2 is 1.91 bits per heavy atom. The highest BCUT2D eigenvalue weighted by Crippen LogP contribution is 2.38. The molecule has 3 aromatic carbocycles. The highest BCUT2D eigenvalue weighted by Gasteiger charge is 2.27. The standard InChI is InChI=1S/C26H28N2O4/c1-18(19-8-7-11-22(15-19)30-2)27-16-23-17-28(24-12-4-5-13-25(24)32-23)21-10-6-9-20(14-21)26(29)31-3/h4-15,18,23,27H,16-17H2,1-3H3/t18-,23?/m1/s1. The minimum absolute atomic E-state index is 0.0697. The summed E-state index contributed by atoms with van der Waals surface area (Å²) in [5.74, 6) is 1.32. The molecule has 0 spiro atoms. The van der Waals surface area contributed by atoms with E-state index in [9.17, 15) is 4.79 Å². The Morgan fingerprint density at radius 1 is 1.09 bits per heavy atom. The molecule has 1 heterocycles. The summed E-state index contributed by atoms with van der Waals surface area (Å²) in [6.45, 7) is 3.45. The number of fused-ring (bicyclic) bond motifs is 1. The van der Waals surface area contributed by atoms with E-state index in [0.717, 1.165) is 28.4 Å². The Hall–Kier alpha value is -3.51. The number of ether oxygens (including phenoxy) is 3. The van der Waals surface area contributed by atoms with Crippen molar-refractivity contribution >= 4 is 17.3 Å². The third-order valence-corrected chi connectivity index (χ3v) is 5.66. The lowest BCUT2D eigenvalue weighted by atomic mass is 10.1. The fraction of sp³-hybridized carbons (Fsp3) is 0.269. The number of methoxy groups -OCH3 is 2. The smallest absolute Gasteiger partial charge is 0.337 e. The first-order valence-corrected chi connectivity index (χ1v) is 10.7. The summed E-state index contributed by atoms with van der Waals surface area (Å²) in [5.41, 5.74) is 3.58. The molecule has 0 aliphatic carbocycles. The summed E-state index contributed by atoms with van der Waals surface area (Å²) in [4.78, 5) is 14.2. The number of para-hydroxylation sites is 2. The van der Waals surface area contributed by atoms with Crippen molar-refractivity contribution in [2.75, 3.05) is 32.2 Å². The molecular formula is C26H28N2O4. The normalized spacial score (nSPS) is 16.0. The second-order valence-corrected chi connectivity index (χ2v) is 7.77. The molecule has 2 atom stereocenters. The summed E-state index contributed by atoms with van der Waals surface area (Å²) >= 11 is 0. The quantitative estimate of drug-likeness (QED) is 0.545. The van der Waals surface area contributed by atoms with Crippen molar-refractivity contribution in [1.82, 2.24) is 5.32 Å². The van der Waals surface area contributed by atoms with Gasteiger partial charge in [0, 0.05) is 18.3 Å². The van der Waals surface area contributed by atoms with Gasteiger partial charge in [0.1, 0.15) is 17.6 Å². The second kappa shape index (κ2) is 9.75. The van der Waals surface area contributed by atoms with Crippen LogP contribution in [0.15, 0.2) is 72.8 Å². The van der Waals surface area contributed by atoms with Crippen LogP contribution in [0.1, 0.15) is 28.9 Å². The average Bonchev–Trinajstić information content (AvgIpc) is 2.86. The number of nitrogens with one attached hydrogen (secondary N) is 1. The number of esters is 1. The van der Waals surface area contributed by atoms with Gasteiger partial charge in [-0.25, -0.2) is 4.79 Å². The lowest BCUT2D eigenvalue weighted by Gasteiger charge is -2.37. The van der Waals surface area contributed by atoms with Crippen LogP contribution in [0.3, 0.4) is 0 Å². The van der Waals surface area contributed by atoms with E-state index in [4.69, 9.17) is 14.2 Å². The van der Waals surface area contributed by atoms with Gasteiger partial charge in [-0.05, 0) is 55.0 Å². The predicted octanol–water partition coefficient (Wildman–Crippen LogP) is 4.73. The van der Waals surface area contributed by atoms with Gasteiger partial charge in [-0.15, -0.1) is 0 Å². The van der Waals surface area contributed by atoms with Crippen molar-refractivity contribution in [1.29, 1.82) is 0 Å². The maximum absolute atomic E-state index is 12.0. The van der Waals surface area contributed by atoms with Crippen molar-refractivity contribution in [3.63, 3.8) is 0 Å². The van der Waals surface area contributed by atoms with E-state index in [1.807, 2.05) is 60.7 Å². The third kappa shape index (κ3) is 4.70. The summed E-state index contributed by atoms with van der Waals surface area (Å²) < 4.78 is 16.5. The average molecular weight is 433 g/mol. The highest BCUT2D eigenvalue weighted by atomic mass is 16.5. The highest BCUT2D eigenvalue weighted by molar-refractivity contribution is 5.91. The molecule has 166 valence electrons. The number of benzene rings is 3. The molecule has 4 rings (SSSR count). The molecule has 0 aromatic heterocycles. The molecule has 0 fully saturated rings. The molecule has 6 nitrogen and oxygen atoms in total. The summed E-state index contributed by atoms with van der Waals surface area (Å²) in [6, 6.07) is 23.7. The molecule has 1 aliphatic heterocycles. The first kappa shape index (κ1) is 21.7. The van der Waals surface area contributed by atoms with E-state index in [2.05, 4.69) is 23.2 Å². The minimum Gasteiger partial charge on any atom is -0.497 e. The van der Waals surface area contributed by atoms with Gasteiger partial charge in [0.15, 0.2) is 0 Å². The van der Waals surface area contributed by atoms with Gasteiger partial charge in [0.2, 0.25) is 0 Å². The van der Waals surface area contributed by atoms with Crippen LogP contribution in [0.4, 0.5) is 11.4 Å². The predicted molar refractivity (Wildman–Crippen MR) is 125 cm³/mol. The van der Waals surface area contributed by atoms with Gasteiger partial charge in [0.25, 0.3) is 0 Å². The van der Waals surface area contributed by atoms with Crippen LogP contribution in [0, 0.1) is 0 Å². The first-order valence-electron chi connectivity index (χ1n) is 10.7. The molecule has 0 amide bonds. The van der Waals surface area contributed by atoms with Crippen molar-refractivity contribution in [2.24, 2.45) is 0 Å². The lowest BCUT2D eigenvalue weighted by molar-refractivity contribution is 0.0601. The van der Waals surface area contributed by atoms with E-state index in [0.29, 0.717) is 18.7 Å². The van der Waals surface area contributed by atoms with Crippen LogP contribution in [0.25, 0.3) is 0 Å². The second-order valence-electron chi connectivity index (χ2n) is 7.77. The molecular weight excluding hydrogens is 404 g/mol. The Bertz CT molecular complexity index is 1080. The van der Waals surface area contributed by atoms with Crippen molar-refractivity contribution < 1.29 is 19.0 Å². The van der Waals surface area contributed by atoms with E-state index in [-0.39, 0.29) is 18.1 Å². The third-order valence-electron chi connectivity index (χ3n) is 5.66.